The van der Waals surface area contributed by atoms with Gasteiger partial charge in [0.15, 0.2) is 0 Å². The Hall–Kier alpha value is -2.01. The summed E-state index contributed by atoms with van der Waals surface area (Å²) in [7, 11) is 0. The Labute approximate surface area is 186 Å². The van der Waals surface area contributed by atoms with Gasteiger partial charge in [-0.05, 0) is 79.1 Å². The molecule has 0 aliphatic carbocycles. The topological polar surface area (TPSA) is 32.3 Å². The van der Waals surface area contributed by atoms with Gasteiger partial charge < -0.3 is 10.2 Å². The molecule has 1 N–H and O–H groups in total. The van der Waals surface area contributed by atoms with E-state index in [1.807, 2.05) is 35.2 Å². The number of hydrogen-bond donors (Lipinski definition) is 1. The van der Waals surface area contributed by atoms with Crippen LogP contribution in [-0.4, -0.2) is 24.0 Å². The predicted molar refractivity (Wildman–Crippen MR) is 124 cm³/mol. The average Bonchev–Trinajstić information content (AvgIpc) is 3.22. The second kappa shape index (κ2) is 11.2. The average molecular weight is 447 g/mol. The number of rotatable bonds is 9. The fourth-order valence-electron chi connectivity index (χ4n) is 3.12. The van der Waals surface area contributed by atoms with E-state index >= 15 is 0 Å². The van der Waals surface area contributed by atoms with Crippen molar-refractivity contribution in [2.45, 2.75) is 25.7 Å². The van der Waals surface area contributed by atoms with Gasteiger partial charge in [-0.15, -0.1) is 11.3 Å². The number of hydrogen-bond acceptors (Lipinski definition) is 2. The highest BCUT2D eigenvalue weighted by atomic mass is 35.5. The highest BCUT2D eigenvalue weighted by Crippen LogP contribution is 2.16. The molecule has 1 aromatic heterocycles. The van der Waals surface area contributed by atoms with Gasteiger partial charge in [0.05, 0.1) is 0 Å². The summed E-state index contributed by atoms with van der Waals surface area (Å²) in [5.41, 5.74) is 1.94. The maximum atomic E-state index is 12.8. The van der Waals surface area contributed by atoms with Crippen LogP contribution < -0.4 is 5.32 Å². The molecule has 29 heavy (non-hydrogen) atoms. The summed E-state index contributed by atoms with van der Waals surface area (Å²) in [6.07, 6.45) is 3.69. The zero-order chi connectivity index (χ0) is 20.5. The number of benzene rings is 2. The minimum atomic E-state index is -0.0791. The molecule has 0 fully saturated rings. The molecule has 0 aliphatic rings. The van der Waals surface area contributed by atoms with Crippen LogP contribution in [0.1, 0.15) is 23.3 Å². The third-order valence-electron chi connectivity index (χ3n) is 4.60. The van der Waals surface area contributed by atoms with Gasteiger partial charge in [0, 0.05) is 33.7 Å². The summed E-state index contributed by atoms with van der Waals surface area (Å²) in [4.78, 5) is 16.1. The van der Waals surface area contributed by atoms with Gasteiger partial charge in [0.1, 0.15) is 0 Å². The van der Waals surface area contributed by atoms with Crippen molar-refractivity contribution < 1.29 is 4.79 Å². The summed E-state index contributed by atoms with van der Waals surface area (Å²) in [5, 5.41) is 6.47. The lowest BCUT2D eigenvalue weighted by atomic mass is 10.1. The number of thiophene rings is 1. The van der Waals surface area contributed by atoms with Crippen molar-refractivity contribution in [3.05, 3.63) is 86.5 Å². The lowest BCUT2D eigenvalue weighted by Crippen LogP contribution is -2.37. The third kappa shape index (κ3) is 7.39. The SMILES string of the molecule is O=C(Nc1ccc(Cl)cc1)N(CCCc1cccc(Cl)c1)CCCc1cccs1. The van der Waals surface area contributed by atoms with E-state index in [1.54, 1.807) is 23.5 Å². The van der Waals surface area contributed by atoms with E-state index < -0.39 is 0 Å². The van der Waals surface area contributed by atoms with E-state index in [0.29, 0.717) is 18.1 Å². The Morgan fingerprint density at radius 2 is 1.66 bits per heavy atom. The number of carbonyl (C=O) groups excluding carboxylic acids is 1. The maximum Gasteiger partial charge on any atom is 0.321 e. The Kier molecular flexibility index (Phi) is 8.41. The largest absolute Gasteiger partial charge is 0.325 e. The van der Waals surface area contributed by atoms with Crippen molar-refractivity contribution in [1.82, 2.24) is 4.90 Å². The number of anilines is 1. The van der Waals surface area contributed by atoms with Crippen LogP contribution in [0.25, 0.3) is 0 Å². The molecule has 1 heterocycles. The van der Waals surface area contributed by atoms with Crippen molar-refractivity contribution in [3.8, 4) is 0 Å². The van der Waals surface area contributed by atoms with E-state index in [4.69, 9.17) is 23.2 Å². The van der Waals surface area contributed by atoms with Gasteiger partial charge in [0.25, 0.3) is 0 Å². The lowest BCUT2D eigenvalue weighted by molar-refractivity contribution is 0.210. The Balaban J connectivity index is 1.56. The molecule has 3 nitrogen and oxygen atoms in total. The summed E-state index contributed by atoms with van der Waals surface area (Å²) in [5.74, 6) is 0. The Bertz CT molecular complexity index is 898. The summed E-state index contributed by atoms with van der Waals surface area (Å²) < 4.78 is 0. The first kappa shape index (κ1) is 21.7. The number of nitrogens with one attached hydrogen (secondary N) is 1. The Morgan fingerprint density at radius 3 is 2.34 bits per heavy atom. The second-order valence-corrected chi connectivity index (χ2v) is 8.75. The van der Waals surface area contributed by atoms with E-state index in [0.717, 1.165) is 36.4 Å². The third-order valence-corrected chi connectivity index (χ3v) is 6.02. The lowest BCUT2D eigenvalue weighted by Gasteiger charge is -2.23. The van der Waals surface area contributed by atoms with Gasteiger partial charge in [-0.3, -0.25) is 0 Å². The smallest absolute Gasteiger partial charge is 0.321 e. The number of nitrogens with zero attached hydrogens (tertiary/aromatic N) is 1. The van der Waals surface area contributed by atoms with E-state index in [2.05, 4.69) is 28.9 Å². The van der Waals surface area contributed by atoms with Gasteiger partial charge in [0.2, 0.25) is 0 Å². The van der Waals surface area contributed by atoms with Crippen molar-refractivity contribution in [2.75, 3.05) is 18.4 Å². The van der Waals surface area contributed by atoms with Crippen LogP contribution in [0, 0.1) is 0 Å². The highest BCUT2D eigenvalue weighted by Gasteiger charge is 2.13. The number of aryl methyl sites for hydroxylation is 2. The van der Waals surface area contributed by atoms with E-state index in [9.17, 15) is 4.79 Å². The molecule has 0 saturated carbocycles. The fraction of sp³-hybridized carbons (Fsp3) is 0.261. The van der Waals surface area contributed by atoms with Crippen LogP contribution in [0.5, 0.6) is 0 Å². The summed E-state index contributed by atoms with van der Waals surface area (Å²) in [6, 6.07) is 19.2. The fourth-order valence-corrected chi connectivity index (χ4v) is 4.21. The van der Waals surface area contributed by atoms with Crippen LogP contribution in [0.4, 0.5) is 10.5 Å². The molecule has 0 spiro atoms. The monoisotopic (exact) mass is 446 g/mol. The molecule has 0 saturated heterocycles. The summed E-state index contributed by atoms with van der Waals surface area (Å²) >= 11 is 13.8. The van der Waals surface area contributed by atoms with Crippen molar-refractivity contribution in [2.24, 2.45) is 0 Å². The molecule has 3 rings (SSSR count). The van der Waals surface area contributed by atoms with Crippen LogP contribution >= 0.6 is 34.5 Å². The van der Waals surface area contributed by atoms with Gasteiger partial charge in [-0.25, -0.2) is 4.79 Å². The molecule has 2 aromatic carbocycles. The van der Waals surface area contributed by atoms with Gasteiger partial charge >= 0.3 is 6.03 Å². The van der Waals surface area contributed by atoms with Crippen LogP contribution in [0.3, 0.4) is 0 Å². The zero-order valence-electron chi connectivity index (χ0n) is 16.1. The van der Waals surface area contributed by atoms with E-state index in [-0.39, 0.29) is 6.03 Å². The van der Waals surface area contributed by atoms with Crippen LogP contribution in [0.15, 0.2) is 66.0 Å². The first-order valence-corrected chi connectivity index (χ1v) is 11.3. The number of carbonyl (C=O) groups is 1. The van der Waals surface area contributed by atoms with Gasteiger partial charge in [-0.2, -0.15) is 0 Å². The second-order valence-electron chi connectivity index (χ2n) is 6.84. The maximum absolute atomic E-state index is 12.8. The molecule has 0 atom stereocenters. The van der Waals surface area contributed by atoms with Crippen molar-refractivity contribution >= 4 is 46.3 Å². The minimum Gasteiger partial charge on any atom is -0.325 e. The molecule has 0 unspecified atom stereocenters. The predicted octanol–water partition coefficient (Wildman–Crippen LogP) is 7.15. The van der Waals surface area contributed by atoms with E-state index in [1.165, 1.54) is 10.4 Å². The van der Waals surface area contributed by atoms with Gasteiger partial charge in [-0.1, -0.05) is 41.4 Å². The van der Waals surface area contributed by atoms with Crippen molar-refractivity contribution in [3.63, 3.8) is 0 Å². The number of halogens is 2. The molecule has 0 bridgehead atoms. The Morgan fingerprint density at radius 1 is 0.897 bits per heavy atom. The van der Waals surface area contributed by atoms with Crippen LogP contribution in [-0.2, 0) is 12.8 Å². The molecule has 6 heteroatoms. The van der Waals surface area contributed by atoms with Crippen LogP contribution in [0.2, 0.25) is 10.0 Å². The normalized spacial score (nSPS) is 10.7. The molecule has 2 amide bonds. The first-order valence-electron chi connectivity index (χ1n) is 9.68. The molecule has 152 valence electrons. The quantitative estimate of drug-likeness (QED) is 0.371. The highest BCUT2D eigenvalue weighted by molar-refractivity contribution is 7.09. The molecule has 0 aliphatic heterocycles. The molecule has 3 aromatic rings. The minimum absolute atomic E-state index is 0.0791. The molecular formula is C23H24Cl2N2OS. The number of amides is 2. The molecular weight excluding hydrogens is 423 g/mol. The number of urea groups is 1. The zero-order valence-corrected chi connectivity index (χ0v) is 18.4. The molecule has 0 radical (unpaired) electrons. The standard InChI is InChI=1S/C23H24Cl2N2OS/c24-19-10-12-21(13-11-19)26-23(28)27(15-3-8-22-9-4-16-29-22)14-2-6-18-5-1-7-20(25)17-18/h1,4-5,7,9-13,16-17H,2-3,6,8,14-15H2,(H,26,28). The first-order chi connectivity index (χ1) is 14.1. The summed E-state index contributed by atoms with van der Waals surface area (Å²) in [6.45, 7) is 1.41. The van der Waals surface area contributed by atoms with Crippen molar-refractivity contribution in [1.29, 1.82) is 0 Å².